The molecule has 1 fully saturated rings. The zero-order valence-electron chi connectivity index (χ0n) is 13.4. The number of carbonyl (C=O) groups is 1. The van der Waals surface area contributed by atoms with E-state index < -0.39 is 5.91 Å². The van der Waals surface area contributed by atoms with Gasteiger partial charge in [0.25, 0.3) is 5.91 Å². The van der Waals surface area contributed by atoms with Gasteiger partial charge in [-0.3, -0.25) is 4.79 Å². The van der Waals surface area contributed by atoms with Crippen molar-refractivity contribution >= 4 is 35.0 Å². The lowest BCUT2D eigenvalue weighted by Gasteiger charge is -2.29. The molecule has 0 spiro atoms. The zero-order chi connectivity index (χ0) is 17.8. The van der Waals surface area contributed by atoms with Crippen LogP contribution in [0.4, 0.5) is 17.5 Å². The highest BCUT2D eigenvalue weighted by Crippen LogP contribution is 2.22. The molecule has 2 heterocycles. The lowest BCUT2D eigenvalue weighted by Crippen LogP contribution is -2.43. The Morgan fingerprint density at radius 2 is 2.08 bits per heavy atom. The minimum Gasteiger partial charge on any atom is -0.364 e. The molecule has 2 aromatic rings. The van der Waals surface area contributed by atoms with Crippen LogP contribution in [0.15, 0.2) is 18.3 Å². The molecule has 0 radical (unpaired) electrons. The summed E-state index contributed by atoms with van der Waals surface area (Å²) in [7, 11) is 0. The molecule has 0 unspecified atom stereocenters. The second-order valence-corrected chi connectivity index (χ2v) is 6.28. The van der Waals surface area contributed by atoms with Crippen LogP contribution >= 0.6 is 11.6 Å². The van der Waals surface area contributed by atoms with E-state index >= 15 is 0 Å². The Labute approximate surface area is 149 Å². The van der Waals surface area contributed by atoms with Crippen LogP contribution in [0.2, 0.25) is 5.15 Å². The van der Waals surface area contributed by atoms with Crippen LogP contribution in [0, 0.1) is 0 Å². The maximum atomic E-state index is 11.6. The van der Waals surface area contributed by atoms with Gasteiger partial charge in [0.05, 0.1) is 0 Å². The molecule has 132 valence electrons. The first-order chi connectivity index (χ1) is 12.0. The average molecular weight is 363 g/mol. The molecule has 1 aliphatic carbocycles. The first-order valence-corrected chi connectivity index (χ1v) is 8.36. The van der Waals surface area contributed by atoms with Gasteiger partial charge in [-0.05, 0) is 25.0 Å². The van der Waals surface area contributed by atoms with E-state index in [1.165, 1.54) is 6.20 Å². The summed E-state index contributed by atoms with van der Waals surface area (Å²) in [6.07, 6.45) is 5.63. The van der Waals surface area contributed by atoms with Crippen LogP contribution in [-0.4, -0.2) is 38.2 Å². The number of amides is 1. The minimum absolute atomic E-state index is 0.0311. The number of nitrogens with zero attached hydrogens (tertiary/aromatic N) is 4. The average Bonchev–Trinajstić information content (AvgIpc) is 2.57. The van der Waals surface area contributed by atoms with E-state index in [9.17, 15) is 4.79 Å². The second kappa shape index (κ2) is 7.58. The Morgan fingerprint density at radius 3 is 2.80 bits per heavy atom. The summed E-state index contributed by atoms with van der Waals surface area (Å²) >= 11 is 5.87. The van der Waals surface area contributed by atoms with Crippen LogP contribution in [0.1, 0.15) is 36.2 Å². The van der Waals surface area contributed by atoms with Gasteiger partial charge in [0.2, 0.25) is 5.95 Å². The monoisotopic (exact) mass is 362 g/mol. The summed E-state index contributed by atoms with van der Waals surface area (Å²) in [6, 6.07) is 3.38. The standard InChI is InChI=1S/C15H19ClN8O/c16-11-7-8(5-6-19-11)20-14-12(13(18)25)23-24-15(22-14)21-10-4-2-1-3-9(10)17/h5-7,9-10H,1-4,17H2,(H2,18,25)(H2,19,20,21,22,24)/t9-,10+/m0/s1. The van der Waals surface area contributed by atoms with Crippen LogP contribution in [0.25, 0.3) is 0 Å². The maximum absolute atomic E-state index is 11.6. The Hall–Kier alpha value is -2.52. The van der Waals surface area contributed by atoms with E-state index in [1.54, 1.807) is 12.1 Å². The van der Waals surface area contributed by atoms with Gasteiger partial charge >= 0.3 is 0 Å². The quantitative estimate of drug-likeness (QED) is 0.584. The lowest BCUT2D eigenvalue weighted by atomic mass is 9.91. The van der Waals surface area contributed by atoms with E-state index in [4.69, 9.17) is 23.1 Å². The predicted molar refractivity (Wildman–Crippen MR) is 94.7 cm³/mol. The van der Waals surface area contributed by atoms with Gasteiger partial charge in [0.15, 0.2) is 11.5 Å². The molecule has 25 heavy (non-hydrogen) atoms. The van der Waals surface area contributed by atoms with Crippen molar-refractivity contribution in [1.29, 1.82) is 0 Å². The number of hydrogen-bond acceptors (Lipinski definition) is 8. The second-order valence-electron chi connectivity index (χ2n) is 5.89. The van der Waals surface area contributed by atoms with Crippen molar-refractivity contribution in [2.24, 2.45) is 11.5 Å². The largest absolute Gasteiger partial charge is 0.364 e. The third-order valence-electron chi connectivity index (χ3n) is 4.04. The summed E-state index contributed by atoms with van der Waals surface area (Å²) in [5, 5.41) is 14.3. The molecule has 0 saturated heterocycles. The predicted octanol–water partition coefficient (Wildman–Crippen LogP) is 1.44. The molecule has 2 atom stereocenters. The highest BCUT2D eigenvalue weighted by molar-refractivity contribution is 6.29. The van der Waals surface area contributed by atoms with Crippen LogP contribution in [0.5, 0.6) is 0 Å². The number of hydrogen-bond donors (Lipinski definition) is 4. The highest BCUT2D eigenvalue weighted by atomic mass is 35.5. The third kappa shape index (κ3) is 4.31. The Kier molecular flexibility index (Phi) is 5.25. The van der Waals surface area contributed by atoms with Crippen LogP contribution in [0.3, 0.4) is 0 Å². The fraction of sp³-hybridized carbons (Fsp3) is 0.400. The van der Waals surface area contributed by atoms with Crippen molar-refractivity contribution < 1.29 is 4.79 Å². The Bertz CT molecular complexity index is 771. The summed E-state index contributed by atoms with van der Waals surface area (Å²) in [4.78, 5) is 19.8. The van der Waals surface area contributed by atoms with Crippen molar-refractivity contribution in [3.05, 3.63) is 29.2 Å². The Balaban J connectivity index is 1.85. The number of nitrogens with one attached hydrogen (secondary N) is 2. The third-order valence-corrected chi connectivity index (χ3v) is 4.25. The summed E-state index contributed by atoms with van der Waals surface area (Å²) in [5.74, 6) is -0.254. The van der Waals surface area contributed by atoms with E-state index in [0.29, 0.717) is 10.8 Å². The van der Waals surface area contributed by atoms with Crippen molar-refractivity contribution in [2.75, 3.05) is 10.6 Å². The van der Waals surface area contributed by atoms with Crippen LogP contribution < -0.4 is 22.1 Å². The van der Waals surface area contributed by atoms with Crippen molar-refractivity contribution in [3.8, 4) is 0 Å². The molecule has 1 aliphatic rings. The molecule has 0 bridgehead atoms. The van der Waals surface area contributed by atoms with Gasteiger partial charge in [0.1, 0.15) is 5.15 Å². The van der Waals surface area contributed by atoms with E-state index in [2.05, 4.69) is 30.8 Å². The maximum Gasteiger partial charge on any atom is 0.273 e. The minimum atomic E-state index is -0.733. The summed E-state index contributed by atoms with van der Waals surface area (Å²) < 4.78 is 0. The van der Waals surface area contributed by atoms with E-state index in [0.717, 1.165) is 25.7 Å². The summed E-state index contributed by atoms with van der Waals surface area (Å²) in [6.45, 7) is 0. The van der Waals surface area contributed by atoms with Gasteiger partial charge in [-0.25, -0.2) is 4.98 Å². The van der Waals surface area contributed by atoms with Gasteiger partial charge in [-0.1, -0.05) is 24.4 Å². The van der Waals surface area contributed by atoms with Gasteiger partial charge in [-0.15, -0.1) is 10.2 Å². The smallest absolute Gasteiger partial charge is 0.273 e. The topological polar surface area (TPSA) is 145 Å². The Morgan fingerprint density at radius 1 is 1.28 bits per heavy atom. The van der Waals surface area contributed by atoms with Crippen LogP contribution in [-0.2, 0) is 0 Å². The number of primary amides is 1. The molecule has 2 aromatic heterocycles. The number of carbonyl (C=O) groups excluding carboxylic acids is 1. The molecule has 9 nitrogen and oxygen atoms in total. The molecular weight excluding hydrogens is 344 g/mol. The van der Waals surface area contributed by atoms with Crippen molar-refractivity contribution in [3.63, 3.8) is 0 Å². The van der Waals surface area contributed by atoms with E-state index in [-0.39, 0.29) is 29.5 Å². The zero-order valence-corrected chi connectivity index (χ0v) is 14.2. The first-order valence-electron chi connectivity index (χ1n) is 7.98. The number of rotatable bonds is 5. The molecule has 10 heteroatoms. The molecule has 1 saturated carbocycles. The van der Waals surface area contributed by atoms with Crippen molar-refractivity contribution in [2.45, 2.75) is 37.8 Å². The SMILES string of the molecule is NC(=O)c1nnc(N[C@@H]2CCCC[C@@H]2N)nc1Nc1ccnc(Cl)c1. The number of aromatic nitrogens is 4. The lowest BCUT2D eigenvalue weighted by molar-refractivity contribution is 0.0995. The van der Waals surface area contributed by atoms with Gasteiger partial charge in [-0.2, -0.15) is 4.98 Å². The summed E-state index contributed by atoms with van der Waals surface area (Å²) in [5.41, 5.74) is 12.0. The number of halogens is 1. The number of anilines is 3. The molecule has 6 N–H and O–H groups in total. The van der Waals surface area contributed by atoms with E-state index in [1.807, 2.05) is 0 Å². The molecule has 0 aliphatic heterocycles. The first kappa shape index (κ1) is 17.3. The molecular formula is C15H19ClN8O. The van der Waals surface area contributed by atoms with Gasteiger partial charge < -0.3 is 22.1 Å². The van der Waals surface area contributed by atoms with Gasteiger partial charge in [0, 0.05) is 24.0 Å². The number of pyridine rings is 1. The fourth-order valence-electron chi connectivity index (χ4n) is 2.76. The normalized spacial score (nSPS) is 20.1. The highest BCUT2D eigenvalue weighted by Gasteiger charge is 2.23. The van der Waals surface area contributed by atoms with Crippen molar-refractivity contribution in [1.82, 2.24) is 20.2 Å². The molecule has 3 rings (SSSR count). The molecule has 1 amide bonds. The molecule has 0 aromatic carbocycles. The number of nitrogens with two attached hydrogens (primary N) is 2. The fourth-order valence-corrected chi connectivity index (χ4v) is 2.94.